The molecule has 2 heterocycles. The molecule has 0 radical (unpaired) electrons. The van der Waals surface area contributed by atoms with Crippen molar-refractivity contribution in [1.82, 2.24) is 15.5 Å². The number of aromatic amines is 1. The van der Waals surface area contributed by atoms with E-state index in [4.69, 9.17) is 0 Å². The number of carbonyl (C=O) groups is 1. The summed E-state index contributed by atoms with van der Waals surface area (Å²) in [6.45, 7) is 2.42. The van der Waals surface area contributed by atoms with Crippen molar-refractivity contribution in [3.05, 3.63) is 53.3 Å². The minimum atomic E-state index is -0.308. The van der Waals surface area contributed by atoms with Gasteiger partial charge in [0, 0.05) is 29.1 Å². The van der Waals surface area contributed by atoms with Gasteiger partial charge in [-0.2, -0.15) is 5.10 Å². The van der Waals surface area contributed by atoms with Gasteiger partial charge < -0.3 is 5.32 Å². The number of hydrogen-bond donors (Lipinski definition) is 2. The molecule has 3 rings (SSSR count). The maximum absolute atomic E-state index is 12.2. The lowest BCUT2D eigenvalue weighted by molar-refractivity contribution is -0.121. The Balaban J connectivity index is 1.61. The molecule has 2 N–H and O–H groups in total. The third-order valence-corrected chi connectivity index (χ3v) is 4.46. The van der Waals surface area contributed by atoms with Gasteiger partial charge in [0.15, 0.2) is 0 Å². The molecule has 0 saturated carbocycles. The highest BCUT2D eigenvalue weighted by Crippen LogP contribution is 2.23. The van der Waals surface area contributed by atoms with Crippen molar-refractivity contribution in [1.29, 1.82) is 0 Å². The van der Waals surface area contributed by atoms with E-state index >= 15 is 0 Å². The van der Waals surface area contributed by atoms with Gasteiger partial charge in [0.05, 0.1) is 11.2 Å². The molecule has 0 spiro atoms. The van der Waals surface area contributed by atoms with Gasteiger partial charge in [0.25, 0.3) is 0 Å². The zero-order valence-electron chi connectivity index (χ0n) is 11.7. The van der Waals surface area contributed by atoms with E-state index in [9.17, 15) is 4.79 Å². The topological polar surface area (TPSA) is 70.1 Å². The number of H-pyrrole nitrogens is 1. The second-order valence-electron chi connectivity index (χ2n) is 4.87. The summed E-state index contributed by atoms with van der Waals surface area (Å²) in [5, 5.41) is 10.7. The van der Waals surface area contributed by atoms with Crippen LogP contribution < -0.4 is 5.32 Å². The Morgan fingerprint density at radius 1 is 1.43 bits per heavy atom. The summed E-state index contributed by atoms with van der Waals surface area (Å²) in [5.41, 5.74) is 3.05. The van der Waals surface area contributed by atoms with Crippen LogP contribution in [-0.2, 0) is 11.3 Å². The van der Waals surface area contributed by atoms with Crippen molar-refractivity contribution in [3.63, 3.8) is 0 Å². The maximum atomic E-state index is 12.2. The molecule has 0 bridgehead atoms. The lowest BCUT2D eigenvalue weighted by Crippen LogP contribution is -2.33. The third-order valence-electron chi connectivity index (χ3n) is 3.36. The molecule has 1 aliphatic heterocycles. The summed E-state index contributed by atoms with van der Waals surface area (Å²) in [7, 11) is 0. The van der Waals surface area contributed by atoms with Crippen LogP contribution in [0.5, 0.6) is 0 Å². The van der Waals surface area contributed by atoms with Crippen LogP contribution in [0.4, 0.5) is 0 Å². The van der Waals surface area contributed by atoms with Crippen LogP contribution in [0.2, 0.25) is 0 Å². The number of rotatable bonds is 4. The van der Waals surface area contributed by atoms with E-state index in [1.807, 2.05) is 37.3 Å². The Hall–Kier alpha value is -2.08. The molecule has 1 aliphatic rings. The molecule has 108 valence electrons. The van der Waals surface area contributed by atoms with Gasteiger partial charge in [-0.1, -0.05) is 30.3 Å². The Labute approximate surface area is 127 Å². The van der Waals surface area contributed by atoms with E-state index in [-0.39, 0.29) is 11.9 Å². The van der Waals surface area contributed by atoms with Crippen LogP contribution in [0.15, 0.2) is 41.5 Å². The summed E-state index contributed by atoms with van der Waals surface area (Å²) >= 11 is 1.63. The second kappa shape index (κ2) is 6.13. The summed E-state index contributed by atoms with van der Waals surface area (Å²) in [6.07, 6.45) is 1.73. The monoisotopic (exact) mass is 300 g/mol. The van der Waals surface area contributed by atoms with E-state index in [0.717, 1.165) is 21.9 Å². The van der Waals surface area contributed by atoms with Gasteiger partial charge in [-0.05, 0) is 6.92 Å². The number of benzene rings is 1. The van der Waals surface area contributed by atoms with E-state index < -0.39 is 0 Å². The number of amides is 1. The Bertz CT molecular complexity index is 665. The highest BCUT2D eigenvalue weighted by Gasteiger charge is 2.25. The minimum Gasteiger partial charge on any atom is -0.350 e. The number of nitrogens with zero attached hydrogens (tertiary/aromatic N) is 2. The fourth-order valence-electron chi connectivity index (χ4n) is 2.10. The Kier molecular flexibility index (Phi) is 4.06. The quantitative estimate of drug-likeness (QED) is 0.906. The van der Waals surface area contributed by atoms with Crippen LogP contribution in [-0.4, -0.2) is 32.9 Å². The molecule has 1 amide bonds. The summed E-state index contributed by atoms with van der Waals surface area (Å²) in [6, 6.07) is 9.65. The molecule has 1 atom stereocenters. The van der Waals surface area contributed by atoms with Gasteiger partial charge in [-0.25, -0.2) is 0 Å². The van der Waals surface area contributed by atoms with Crippen LogP contribution in [0, 0.1) is 6.92 Å². The van der Waals surface area contributed by atoms with Crippen molar-refractivity contribution < 1.29 is 4.79 Å². The predicted octanol–water partition coefficient (Wildman–Crippen LogP) is 1.90. The van der Waals surface area contributed by atoms with E-state index in [1.54, 1.807) is 18.0 Å². The first-order valence-corrected chi connectivity index (χ1v) is 7.75. The lowest BCUT2D eigenvalue weighted by Gasteiger charge is -2.07. The van der Waals surface area contributed by atoms with E-state index in [2.05, 4.69) is 20.5 Å². The average Bonchev–Trinajstić information content (AvgIpc) is 3.15. The van der Waals surface area contributed by atoms with E-state index in [0.29, 0.717) is 12.3 Å². The van der Waals surface area contributed by atoms with Gasteiger partial charge in [0.1, 0.15) is 6.04 Å². The minimum absolute atomic E-state index is 0.0333. The summed E-state index contributed by atoms with van der Waals surface area (Å²) in [4.78, 5) is 16.7. The smallest absolute Gasteiger partial charge is 0.245 e. The van der Waals surface area contributed by atoms with Crippen molar-refractivity contribution in [2.24, 2.45) is 4.99 Å². The highest BCUT2D eigenvalue weighted by molar-refractivity contribution is 8.14. The van der Waals surface area contributed by atoms with E-state index in [1.165, 1.54) is 0 Å². The van der Waals surface area contributed by atoms with Gasteiger partial charge >= 0.3 is 0 Å². The van der Waals surface area contributed by atoms with Crippen LogP contribution in [0.25, 0.3) is 0 Å². The molecule has 21 heavy (non-hydrogen) atoms. The zero-order chi connectivity index (χ0) is 14.7. The molecule has 2 aromatic rings. The van der Waals surface area contributed by atoms with Gasteiger partial charge in [-0.3, -0.25) is 14.9 Å². The molecule has 0 fully saturated rings. The molecule has 0 saturated heterocycles. The van der Waals surface area contributed by atoms with Crippen molar-refractivity contribution in [2.75, 3.05) is 5.75 Å². The van der Waals surface area contributed by atoms with Gasteiger partial charge in [-0.15, -0.1) is 11.8 Å². The molecule has 0 aliphatic carbocycles. The number of carbonyl (C=O) groups excluding carboxylic acids is 1. The molecule has 1 unspecified atom stereocenters. The Morgan fingerprint density at radius 3 is 2.95 bits per heavy atom. The fraction of sp³-hybridized carbons (Fsp3) is 0.267. The number of hydrogen-bond acceptors (Lipinski definition) is 4. The number of thioether (sulfide) groups is 1. The predicted molar refractivity (Wildman–Crippen MR) is 84.4 cm³/mol. The molecular weight excluding hydrogens is 284 g/mol. The normalized spacial score (nSPS) is 17.6. The fourth-order valence-corrected chi connectivity index (χ4v) is 3.15. The molecule has 1 aromatic heterocycles. The molecular formula is C15H16N4OS. The molecule has 5 nitrogen and oxygen atoms in total. The molecule has 6 heteroatoms. The SMILES string of the molecule is Cc1[nH]ncc1CNC(=O)C1CSC(c2ccccc2)=N1. The van der Waals surface area contributed by atoms with Crippen molar-refractivity contribution in [2.45, 2.75) is 19.5 Å². The number of aryl methyl sites for hydroxylation is 1. The average molecular weight is 300 g/mol. The van der Waals surface area contributed by atoms with Crippen LogP contribution >= 0.6 is 11.8 Å². The first-order chi connectivity index (χ1) is 10.2. The Morgan fingerprint density at radius 2 is 2.24 bits per heavy atom. The summed E-state index contributed by atoms with van der Waals surface area (Å²) in [5.74, 6) is 0.662. The maximum Gasteiger partial charge on any atom is 0.245 e. The number of nitrogens with one attached hydrogen (secondary N) is 2. The largest absolute Gasteiger partial charge is 0.350 e. The van der Waals surface area contributed by atoms with Gasteiger partial charge in [0.2, 0.25) is 5.91 Å². The number of aromatic nitrogens is 2. The third kappa shape index (κ3) is 3.16. The standard InChI is InChI=1S/C15H16N4OS/c1-10-12(8-17-19-10)7-16-14(20)13-9-21-15(18-13)11-5-3-2-4-6-11/h2-6,8,13H,7,9H2,1H3,(H,16,20)(H,17,19). The summed E-state index contributed by atoms with van der Waals surface area (Å²) < 4.78 is 0. The van der Waals surface area contributed by atoms with Crippen molar-refractivity contribution >= 4 is 22.7 Å². The van der Waals surface area contributed by atoms with Crippen LogP contribution in [0.3, 0.4) is 0 Å². The first-order valence-electron chi connectivity index (χ1n) is 6.76. The zero-order valence-corrected chi connectivity index (χ0v) is 12.5. The lowest BCUT2D eigenvalue weighted by atomic mass is 10.2. The van der Waals surface area contributed by atoms with Crippen LogP contribution in [0.1, 0.15) is 16.8 Å². The number of aliphatic imine (C=N–C) groups is 1. The van der Waals surface area contributed by atoms with Crippen molar-refractivity contribution in [3.8, 4) is 0 Å². The first kappa shape index (κ1) is 13.9. The second-order valence-corrected chi connectivity index (χ2v) is 5.87. The highest BCUT2D eigenvalue weighted by atomic mass is 32.2. The molecule has 1 aromatic carbocycles.